The van der Waals surface area contributed by atoms with Crippen molar-refractivity contribution in [3.05, 3.63) is 47.7 Å². The third-order valence-electron chi connectivity index (χ3n) is 8.27. The van der Waals surface area contributed by atoms with Gasteiger partial charge in [-0.3, -0.25) is 10.2 Å². The molecule has 1 saturated heterocycles. The number of rotatable bonds is 7. The second-order valence-corrected chi connectivity index (χ2v) is 10.7. The number of aliphatic hydroxyl groups excluding tert-OH is 2. The molecule has 1 unspecified atom stereocenters. The van der Waals surface area contributed by atoms with Crippen molar-refractivity contribution in [1.29, 1.82) is 0 Å². The van der Waals surface area contributed by atoms with Crippen molar-refractivity contribution >= 4 is 11.5 Å². The third kappa shape index (κ3) is 4.50. The lowest BCUT2D eigenvalue weighted by atomic mass is 9.69. The van der Waals surface area contributed by atoms with Crippen molar-refractivity contribution in [1.82, 2.24) is 20.2 Å². The lowest BCUT2D eigenvalue weighted by molar-refractivity contribution is 0.0511. The zero-order valence-electron chi connectivity index (χ0n) is 20.9. The fourth-order valence-corrected chi connectivity index (χ4v) is 5.90. The van der Waals surface area contributed by atoms with Crippen LogP contribution in [0.4, 0.5) is 15.9 Å². The van der Waals surface area contributed by atoms with Gasteiger partial charge in [-0.1, -0.05) is 12.1 Å². The Morgan fingerprint density at radius 1 is 1.17 bits per heavy atom. The second-order valence-electron chi connectivity index (χ2n) is 10.7. The summed E-state index contributed by atoms with van der Waals surface area (Å²) in [4.78, 5) is 15.6. The summed E-state index contributed by atoms with van der Waals surface area (Å²) >= 11 is 0. The Bertz CT molecular complexity index is 1050. The van der Waals surface area contributed by atoms with Crippen molar-refractivity contribution in [2.24, 2.45) is 0 Å². The fraction of sp³-hybridized carbons (Fsp3) is 0.615. The molecule has 1 aliphatic heterocycles. The molecular weight excluding hydrogens is 447 g/mol. The third-order valence-corrected chi connectivity index (χ3v) is 8.27. The van der Waals surface area contributed by atoms with Crippen LogP contribution in [0.1, 0.15) is 55.8 Å². The van der Waals surface area contributed by atoms with E-state index in [1.807, 2.05) is 29.1 Å². The van der Waals surface area contributed by atoms with E-state index in [9.17, 15) is 14.6 Å². The van der Waals surface area contributed by atoms with Gasteiger partial charge in [-0.2, -0.15) is 0 Å². The van der Waals surface area contributed by atoms with Crippen molar-refractivity contribution in [3.8, 4) is 0 Å². The molecule has 2 aromatic rings. The summed E-state index contributed by atoms with van der Waals surface area (Å²) in [5.74, 6) is 1.79. The van der Waals surface area contributed by atoms with Crippen LogP contribution in [-0.4, -0.2) is 77.8 Å². The molecule has 2 heterocycles. The van der Waals surface area contributed by atoms with E-state index in [-0.39, 0.29) is 23.5 Å². The van der Waals surface area contributed by atoms with Crippen LogP contribution in [-0.2, 0) is 5.54 Å². The Kier molecular flexibility index (Phi) is 6.46. The van der Waals surface area contributed by atoms with Gasteiger partial charge in [-0.15, -0.1) is 0 Å². The summed E-state index contributed by atoms with van der Waals surface area (Å²) in [6.45, 7) is 1.11. The highest BCUT2D eigenvalue weighted by Gasteiger charge is 2.50. The van der Waals surface area contributed by atoms with Crippen LogP contribution in [0.3, 0.4) is 0 Å². The standard InChI is InChI=1S/C26H37FN6O2/c1-31(2)26(19-5-4-6-20(27)15-19)11-9-25(10-12-26)17-33(24(35)30-25)21-16-28-22(18-7-8-18)29-23(21)32(3)13-14-34/h4-6,15-16,18,24,30,34-35H,7-14,17H2,1-3H3/t24?,25-,26+. The van der Waals surface area contributed by atoms with Crippen LogP contribution in [0.2, 0.25) is 0 Å². The van der Waals surface area contributed by atoms with Crippen molar-refractivity contribution in [3.63, 3.8) is 0 Å². The van der Waals surface area contributed by atoms with E-state index in [1.54, 1.807) is 12.1 Å². The predicted molar refractivity (Wildman–Crippen MR) is 134 cm³/mol. The molecule has 3 N–H and O–H groups in total. The van der Waals surface area contributed by atoms with Gasteiger partial charge in [0.25, 0.3) is 0 Å². The van der Waals surface area contributed by atoms with E-state index < -0.39 is 6.35 Å². The number of halogens is 1. The van der Waals surface area contributed by atoms with Gasteiger partial charge >= 0.3 is 0 Å². The molecule has 8 nitrogen and oxygen atoms in total. The SMILES string of the molecule is CN(CCO)c1nc(C2CC2)ncc1N1C[C@]2(CC[C@](c3cccc(F)c3)(N(C)C)CC2)NC1O. The maximum absolute atomic E-state index is 14.1. The first kappa shape index (κ1) is 24.4. The van der Waals surface area contributed by atoms with Gasteiger partial charge < -0.3 is 20.0 Å². The van der Waals surface area contributed by atoms with E-state index in [0.29, 0.717) is 19.0 Å². The topological polar surface area (TPSA) is 88.0 Å². The number of aliphatic hydroxyl groups is 2. The first-order valence-corrected chi connectivity index (χ1v) is 12.6. The number of likely N-dealkylation sites (N-methyl/N-ethyl adjacent to an activating group) is 1. The molecule has 1 atom stereocenters. The molecule has 3 fully saturated rings. The maximum Gasteiger partial charge on any atom is 0.184 e. The Labute approximate surface area is 206 Å². The average Bonchev–Trinajstić information content (AvgIpc) is 3.64. The minimum Gasteiger partial charge on any atom is -0.395 e. The number of nitrogens with zero attached hydrogens (tertiary/aromatic N) is 5. The minimum atomic E-state index is -0.854. The van der Waals surface area contributed by atoms with E-state index >= 15 is 0 Å². The van der Waals surface area contributed by atoms with Gasteiger partial charge in [0.2, 0.25) is 0 Å². The van der Waals surface area contributed by atoms with Gasteiger partial charge in [0, 0.05) is 37.1 Å². The molecule has 1 aromatic carbocycles. The molecule has 9 heteroatoms. The van der Waals surface area contributed by atoms with Gasteiger partial charge in [0.1, 0.15) is 17.3 Å². The van der Waals surface area contributed by atoms with Crippen LogP contribution in [0, 0.1) is 5.82 Å². The molecule has 3 aliphatic rings. The van der Waals surface area contributed by atoms with Gasteiger partial charge in [0.05, 0.1) is 12.8 Å². The van der Waals surface area contributed by atoms with Gasteiger partial charge in [-0.05, 0) is 70.3 Å². The molecule has 2 saturated carbocycles. The maximum atomic E-state index is 14.1. The van der Waals surface area contributed by atoms with Crippen LogP contribution >= 0.6 is 0 Å². The lowest BCUT2D eigenvalue weighted by Gasteiger charge is -2.49. The number of hydrogen-bond acceptors (Lipinski definition) is 8. The highest BCUT2D eigenvalue weighted by Crippen LogP contribution is 2.47. The quantitative estimate of drug-likeness (QED) is 0.552. The Balaban J connectivity index is 1.39. The van der Waals surface area contributed by atoms with E-state index in [2.05, 4.69) is 29.3 Å². The number of nitrogens with one attached hydrogen (secondary N) is 1. The molecule has 1 aromatic heterocycles. The molecule has 0 radical (unpaired) electrons. The summed E-state index contributed by atoms with van der Waals surface area (Å²) in [6, 6.07) is 6.96. The summed E-state index contributed by atoms with van der Waals surface area (Å²) in [5.41, 5.74) is 1.28. The smallest absolute Gasteiger partial charge is 0.184 e. The lowest BCUT2D eigenvalue weighted by Crippen LogP contribution is -2.54. The zero-order valence-corrected chi connectivity index (χ0v) is 20.9. The van der Waals surface area contributed by atoms with E-state index in [1.165, 1.54) is 6.07 Å². The van der Waals surface area contributed by atoms with Crippen molar-refractivity contribution < 1.29 is 14.6 Å². The molecule has 35 heavy (non-hydrogen) atoms. The number of anilines is 2. The summed E-state index contributed by atoms with van der Waals surface area (Å²) < 4.78 is 14.1. The number of hydrogen-bond donors (Lipinski definition) is 3. The molecule has 5 rings (SSSR count). The molecule has 0 amide bonds. The molecule has 1 spiro atoms. The Hall–Kier alpha value is -2.33. The second kappa shape index (κ2) is 9.28. The zero-order chi connectivity index (χ0) is 24.8. The Morgan fingerprint density at radius 3 is 2.54 bits per heavy atom. The summed E-state index contributed by atoms with van der Waals surface area (Å²) in [5, 5.41) is 24.1. The number of aromatic nitrogens is 2. The van der Waals surface area contributed by atoms with E-state index in [4.69, 9.17) is 4.98 Å². The highest BCUT2D eigenvalue weighted by molar-refractivity contribution is 5.67. The van der Waals surface area contributed by atoms with Crippen molar-refractivity contribution in [2.45, 2.75) is 61.9 Å². The fourth-order valence-electron chi connectivity index (χ4n) is 5.90. The molecule has 0 bridgehead atoms. The molecule has 190 valence electrons. The normalized spacial score (nSPS) is 28.8. The summed E-state index contributed by atoms with van der Waals surface area (Å²) in [7, 11) is 6.04. The highest BCUT2D eigenvalue weighted by atomic mass is 19.1. The predicted octanol–water partition coefficient (Wildman–Crippen LogP) is 2.38. The number of benzene rings is 1. The molecular formula is C26H37FN6O2. The first-order chi connectivity index (χ1) is 16.8. The first-order valence-electron chi connectivity index (χ1n) is 12.6. The van der Waals surface area contributed by atoms with Crippen molar-refractivity contribution in [2.75, 3.05) is 50.6 Å². The average molecular weight is 485 g/mol. The van der Waals surface area contributed by atoms with Crippen LogP contribution in [0.25, 0.3) is 0 Å². The largest absolute Gasteiger partial charge is 0.395 e. The Morgan fingerprint density at radius 2 is 1.91 bits per heavy atom. The van der Waals surface area contributed by atoms with Gasteiger partial charge in [-0.25, -0.2) is 14.4 Å². The van der Waals surface area contributed by atoms with Crippen LogP contribution in [0.5, 0.6) is 0 Å². The van der Waals surface area contributed by atoms with Crippen LogP contribution in [0.15, 0.2) is 30.5 Å². The minimum absolute atomic E-state index is 0.0240. The summed E-state index contributed by atoms with van der Waals surface area (Å²) in [6.07, 6.45) is 6.59. The molecule has 2 aliphatic carbocycles. The van der Waals surface area contributed by atoms with Gasteiger partial charge in [0.15, 0.2) is 12.2 Å². The monoisotopic (exact) mass is 484 g/mol. The van der Waals surface area contributed by atoms with Crippen LogP contribution < -0.4 is 15.1 Å². The van der Waals surface area contributed by atoms with E-state index in [0.717, 1.165) is 61.4 Å².